The lowest BCUT2D eigenvalue weighted by Crippen LogP contribution is -2.31. The van der Waals surface area contributed by atoms with Crippen LogP contribution in [0.25, 0.3) is 11.4 Å². The molecule has 0 aliphatic carbocycles. The first kappa shape index (κ1) is 12.7. The van der Waals surface area contributed by atoms with Gasteiger partial charge in [0.15, 0.2) is 5.82 Å². The maximum Gasteiger partial charge on any atom is 0.442 e. The van der Waals surface area contributed by atoms with Crippen LogP contribution in [0.2, 0.25) is 5.02 Å². The predicted octanol–water partition coefficient (Wildman–Crippen LogP) is 1.52. The first-order valence-electron chi connectivity index (χ1n) is 5.80. The van der Waals surface area contributed by atoms with E-state index in [1.807, 2.05) is 0 Å². The molecule has 0 saturated heterocycles. The molecule has 7 heteroatoms. The van der Waals surface area contributed by atoms with Gasteiger partial charge in [0.1, 0.15) is 12.3 Å². The Morgan fingerprint density at radius 3 is 2.60 bits per heavy atom. The minimum Gasteiger partial charge on any atom is -0.451 e. The van der Waals surface area contributed by atoms with Gasteiger partial charge in [-0.05, 0) is 31.2 Å². The molecule has 1 aromatic heterocycles. The molecule has 0 radical (unpaired) electrons. The molecule has 20 heavy (non-hydrogen) atoms. The summed E-state index contributed by atoms with van der Waals surface area (Å²) in [5, 5.41) is 0.587. The fourth-order valence-electron chi connectivity index (χ4n) is 1.87. The van der Waals surface area contributed by atoms with E-state index in [0.717, 1.165) is 0 Å². The smallest absolute Gasteiger partial charge is 0.442 e. The van der Waals surface area contributed by atoms with Gasteiger partial charge in [-0.3, -0.25) is 0 Å². The van der Waals surface area contributed by atoms with Crippen molar-refractivity contribution in [1.82, 2.24) is 9.71 Å². The van der Waals surface area contributed by atoms with Crippen LogP contribution >= 0.6 is 11.6 Å². The minimum absolute atomic E-state index is 0.0621. The number of rotatable bonds is 1. The zero-order valence-corrected chi connectivity index (χ0v) is 11.2. The van der Waals surface area contributed by atoms with E-state index >= 15 is 0 Å². The molecule has 1 aliphatic heterocycles. The van der Waals surface area contributed by atoms with Gasteiger partial charge in [0, 0.05) is 10.6 Å². The van der Waals surface area contributed by atoms with Gasteiger partial charge in [0.2, 0.25) is 0 Å². The quantitative estimate of drug-likeness (QED) is 0.589. The van der Waals surface area contributed by atoms with E-state index in [2.05, 4.69) is 4.98 Å². The van der Waals surface area contributed by atoms with Crippen molar-refractivity contribution in [3.8, 4) is 11.4 Å². The fourth-order valence-corrected chi connectivity index (χ4v) is 2.00. The van der Waals surface area contributed by atoms with Crippen molar-refractivity contribution < 1.29 is 19.2 Å². The summed E-state index contributed by atoms with van der Waals surface area (Å²) in [5.74, 6) is -1.69. The van der Waals surface area contributed by atoms with E-state index in [1.165, 1.54) is 4.73 Å². The Balaban J connectivity index is 2.13. The first-order chi connectivity index (χ1) is 9.56. The number of aromatic nitrogens is 2. The summed E-state index contributed by atoms with van der Waals surface area (Å²) in [7, 11) is 0. The number of cyclic esters (lactones) is 1. The second-order valence-electron chi connectivity index (χ2n) is 4.22. The average Bonchev–Trinajstić information content (AvgIpc) is 2.76. The Kier molecular flexibility index (Phi) is 2.94. The van der Waals surface area contributed by atoms with Crippen LogP contribution in [-0.4, -0.2) is 21.7 Å². The number of imidazole rings is 1. The molecule has 1 aliphatic rings. The summed E-state index contributed by atoms with van der Waals surface area (Å²) >= 11 is 5.84. The van der Waals surface area contributed by atoms with Crippen molar-refractivity contribution in [2.75, 3.05) is 0 Å². The van der Waals surface area contributed by atoms with Crippen LogP contribution in [0.5, 0.6) is 0 Å². The van der Waals surface area contributed by atoms with Gasteiger partial charge in [-0.25, -0.2) is 14.6 Å². The summed E-state index contributed by atoms with van der Waals surface area (Å²) in [5.41, 5.74) is 1.86. The topological polar surface area (TPSA) is 70.4 Å². The van der Waals surface area contributed by atoms with Gasteiger partial charge >= 0.3 is 11.9 Å². The van der Waals surface area contributed by atoms with Crippen molar-refractivity contribution >= 4 is 23.5 Å². The average molecular weight is 293 g/mol. The highest BCUT2D eigenvalue weighted by atomic mass is 35.5. The summed E-state index contributed by atoms with van der Waals surface area (Å²) in [6.07, 6.45) is 0. The number of hydrogen-bond donors (Lipinski definition) is 0. The van der Waals surface area contributed by atoms with Crippen LogP contribution in [0.4, 0.5) is 0 Å². The number of carbonyl (C=O) groups is 2. The standard InChI is InChI=1S/C13H9ClN2O4/c1-7-10-6-19-12(17)13(18)20-16(7)11(15-10)8-2-4-9(14)5-3-8/h2-5H,6H2,1H3. The first-order valence-corrected chi connectivity index (χ1v) is 6.17. The van der Waals surface area contributed by atoms with Gasteiger partial charge in [-0.1, -0.05) is 11.6 Å². The van der Waals surface area contributed by atoms with Crippen LogP contribution in [0, 0.1) is 6.92 Å². The van der Waals surface area contributed by atoms with Crippen LogP contribution < -0.4 is 4.84 Å². The minimum atomic E-state index is -1.08. The third-order valence-electron chi connectivity index (χ3n) is 2.94. The molecule has 2 heterocycles. The molecule has 0 atom stereocenters. The van der Waals surface area contributed by atoms with E-state index in [4.69, 9.17) is 21.2 Å². The Hall–Kier alpha value is -2.34. The highest BCUT2D eigenvalue weighted by Crippen LogP contribution is 2.24. The summed E-state index contributed by atoms with van der Waals surface area (Å²) in [6, 6.07) is 6.90. The van der Waals surface area contributed by atoms with Gasteiger partial charge in [-0.15, -0.1) is 0 Å². The van der Waals surface area contributed by atoms with Gasteiger partial charge in [0.05, 0.1) is 5.69 Å². The van der Waals surface area contributed by atoms with Crippen LogP contribution in [0.1, 0.15) is 11.4 Å². The SMILES string of the molecule is Cc1c2nc(-c3ccc(Cl)cc3)n1OC(=O)C(=O)OC2. The highest BCUT2D eigenvalue weighted by Gasteiger charge is 2.27. The molecule has 0 spiro atoms. The molecule has 0 unspecified atom stereocenters. The summed E-state index contributed by atoms with van der Waals surface area (Å²) in [4.78, 5) is 32.1. The molecule has 0 saturated carbocycles. The summed E-state index contributed by atoms with van der Waals surface area (Å²) in [6.45, 7) is 1.67. The number of benzene rings is 1. The number of hydrogen-bond acceptors (Lipinski definition) is 5. The van der Waals surface area contributed by atoms with Gasteiger partial charge < -0.3 is 9.57 Å². The Labute approximate surface area is 118 Å². The zero-order valence-electron chi connectivity index (χ0n) is 10.4. The monoisotopic (exact) mass is 292 g/mol. The molecule has 3 rings (SSSR count). The lowest BCUT2D eigenvalue weighted by molar-refractivity contribution is -0.169. The maximum atomic E-state index is 11.5. The third kappa shape index (κ3) is 2.04. The normalized spacial score (nSPS) is 14.3. The van der Waals surface area contributed by atoms with Crippen LogP contribution in [0.15, 0.2) is 24.3 Å². The third-order valence-corrected chi connectivity index (χ3v) is 3.19. The molecule has 102 valence electrons. The number of ether oxygens (including phenoxy) is 1. The van der Waals surface area contributed by atoms with Crippen LogP contribution in [-0.2, 0) is 20.9 Å². The molecular formula is C13H9ClN2O4. The lowest BCUT2D eigenvalue weighted by Gasteiger charge is -2.11. The van der Waals surface area contributed by atoms with E-state index < -0.39 is 11.9 Å². The van der Waals surface area contributed by atoms with Crippen molar-refractivity contribution in [3.63, 3.8) is 0 Å². The predicted molar refractivity (Wildman–Crippen MR) is 68.8 cm³/mol. The molecule has 0 N–H and O–H groups in total. The number of carbonyl (C=O) groups excluding carboxylic acids is 2. The number of fused-ring (bicyclic) bond motifs is 2. The Morgan fingerprint density at radius 2 is 1.90 bits per heavy atom. The van der Waals surface area contributed by atoms with Crippen LogP contribution in [0.3, 0.4) is 0 Å². The molecule has 0 amide bonds. The Bertz CT molecular complexity index is 706. The second-order valence-corrected chi connectivity index (χ2v) is 4.66. The molecule has 2 bridgehead atoms. The second kappa shape index (κ2) is 4.64. The van der Waals surface area contributed by atoms with Gasteiger partial charge in [-0.2, -0.15) is 4.73 Å². The Morgan fingerprint density at radius 1 is 1.20 bits per heavy atom. The number of halogens is 1. The van der Waals surface area contributed by atoms with Crippen molar-refractivity contribution in [2.24, 2.45) is 0 Å². The highest BCUT2D eigenvalue weighted by molar-refractivity contribution is 6.30. The van der Waals surface area contributed by atoms with E-state index in [0.29, 0.717) is 27.8 Å². The van der Waals surface area contributed by atoms with Crippen molar-refractivity contribution in [2.45, 2.75) is 13.5 Å². The van der Waals surface area contributed by atoms with Gasteiger partial charge in [0.25, 0.3) is 0 Å². The van der Waals surface area contributed by atoms with E-state index in [-0.39, 0.29) is 6.61 Å². The molecule has 0 fully saturated rings. The molecule has 2 aromatic rings. The van der Waals surface area contributed by atoms with Crippen molar-refractivity contribution in [1.29, 1.82) is 0 Å². The van der Waals surface area contributed by atoms with E-state index in [9.17, 15) is 9.59 Å². The largest absolute Gasteiger partial charge is 0.451 e. The molecular weight excluding hydrogens is 284 g/mol. The number of esters is 1. The maximum absolute atomic E-state index is 11.5. The lowest BCUT2D eigenvalue weighted by atomic mass is 10.2. The fraction of sp³-hybridized carbons (Fsp3) is 0.154. The molecule has 6 nitrogen and oxygen atoms in total. The summed E-state index contributed by atoms with van der Waals surface area (Å²) < 4.78 is 6.01. The van der Waals surface area contributed by atoms with E-state index in [1.54, 1.807) is 31.2 Å². The molecule has 1 aromatic carbocycles. The van der Waals surface area contributed by atoms with Crippen molar-refractivity contribution in [3.05, 3.63) is 40.7 Å². The number of nitrogens with zero attached hydrogens (tertiary/aromatic N) is 2. The zero-order chi connectivity index (χ0) is 14.3.